The highest BCUT2D eigenvalue weighted by molar-refractivity contribution is 5.94. The zero-order valence-electron chi connectivity index (χ0n) is 9.56. The van der Waals surface area contributed by atoms with E-state index in [1.54, 1.807) is 6.08 Å². The maximum atomic E-state index is 11.6. The van der Waals surface area contributed by atoms with Crippen molar-refractivity contribution in [2.24, 2.45) is 5.41 Å². The molecule has 0 rings (SSSR count). The summed E-state index contributed by atoms with van der Waals surface area (Å²) in [4.78, 5) is 11.6. The molecule has 1 heteroatoms. The first-order valence-corrected chi connectivity index (χ1v) is 4.61. The highest BCUT2D eigenvalue weighted by Crippen LogP contribution is 2.16. The molecule has 0 aliphatic rings. The van der Waals surface area contributed by atoms with E-state index < -0.39 is 0 Å². The first-order chi connectivity index (χ1) is 5.73. The molecule has 0 saturated carbocycles. The fourth-order valence-corrected chi connectivity index (χ4v) is 0.920. The van der Waals surface area contributed by atoms with Crippen molar-refractivity contribution in [3.8, 4) is 0 Å². The van der Waals surface area contributed by atoms with E-state index >= 15 is 0 Å². The standard InChI is InChI=1S/C12H20O/c1-9(2)7-10(3)8-11(13)12(4,5)6/h7-8H,1-6H3/b10-8+. The van der Waals surface area contributed by atoms with Gasteiger partial charge in [0.05, 0.1) is 0 Å². The summed E-state index contributed by atoms with van der Waals surface area (Å²) in [6, 6.07) is 0. The Labute approximate surface area is 81.5 Å². The fraction of sp³-hybridized carbons (Fsp3) is 0.583. The zero-order valence-corrected chi connectivity index (χ0v) is 9.56. The summed E-state index contributed by atoms with van der Waals surface area (Å²) in [5, 5.41) is 0. The molecule has 0 heterocycles. The number of hydrogen-bond donors (Lipinski definition) is 0. The van der Waals surface area contributed by atoms with Gasteiger partial charge in [-0.15, -0.1) is 0 Å². The molecule has 0 aromatic carbocycles. The predicted octanol–water partition coefficient (Wildman–Crippen LogP) is 3.51. The average molecular weight is 180 g/mol. The Kier molecular flexibility index (Phi) is 4.12. The first-order valence-electron chi connectivity index (χ1n) is 4.61. The number of carbonyl (C=O) groups excluding carboxylic acids is 1. The maximum absolute atomic E-state index is 11.6. The molecular formula is C12H20O. The number of ketones is 1. The van der Waals surface area contributed by atoms with E-state index in [-0.39, 0.29) is 11.2 Å². The van der Waals surface area contributed by atoms with Crippen LogP contribution in [0, 0.1) is 5.41 Å². The molecule has 0 unspecified atom stereocenters. The molecule has 0 N–H and O–H groups in total. The van der Waals surface area contributed by atoms with Gasteiger partial charge in [-0.2, -0.15) is 0 Å². The van der Waals surface area contributed by atoms with E-state index in [9.17, 15) is 4.79 Å². The summed E-state index contributed by atoms with van der Waals surface area (Å²) in [5.74, 6) is 0.183. The van der Waals surface area contributed by atoms with E-state index in [1.165, 1.54) is 5.57 Å². The van der Waals surface area contributed by atoms with E-state index in [0.29, 0.717) is 0 Å². The molecule has 0 radical (unpaired) electrons. The third-order valence-electron chi connectivity index (χ3n) is 1.61. The molecule has 0 fully saturated rings. The summed E-state index contributed by atoms with van der Waals surface area (Å²) in [7, 11) is 0. The minimum atomic E-state index is -0.267. The van der Waals surface area contributed by atoms with Crippen LogP contribution in [0.25, 0.3) is 0 Å². The van der Waals surface area contributed by atoms with Crippen molar-refractivity contribution < 1.29 is 4.79 Å². The summed E-state index contributed by atoms with van der Waals surface area (Å²) >= 11 is 0. The van der Waals surface area contributed by atoms with Crippen LogP contribution in [0.5, 0.6) is 0 Å². The van der Waals surface area contributed by atoms with Gasteiger partial charge in [-0.1, -0.05) is 32.4 Å². The van der Waals surface area contributed by atoms with Crippen molar-refractivity contribution in [2.75, 3.05) is 0 Å². The molecule has 0 atom stereocenters. The maximum Gasteiger partial charge on any atom is 0.161 e. The minimum absolute atomic E-state index is 0.183. The molecule has 0 aromatic heterocycles. The third kappa shape index (κ3) is 5.40. The number of hydrogen-bond acceptors (Lipinski definition) is 1. The lowest BCUT2D eigenvalue weighted by molar-refractivity contribution is -0.121. The minimum Gasteiger partial charge on any atom is -0.294 e. The van der Waals surface area contributed by atoms with Gasteiger partial charge < -0.3 is 0 Å². The van der Waals surface area contributed by atoms with E-state index in [4.69, 9.17) is 0 Å². The van der Waals surface area contributed by atoms with Gasteiger partial charge >= 0.3 is 0 Å². The highest BCUT2D eigenvalue weighted by Gasteiger charge is 2.18. The van der Waals surface area contributed by atoms with Crippen LogP contribution in [0.2, 0.25) is 0 Å². The molecule has 74 valence electrons. The van der Waals surface area contributed by atoms with Crippen molar-refractivity contribution in [3.63, 3.8) is 0 Å². The quantitative estimate of drug-likeness (QED) is 0.469. The van der Waals surface area contributed by atoms with Gasteiger partial charge in [0.15, 0.2) is 5.78 Å². The Morgan fingerprint density at radius 2 is 1.46 bits per heavy atom. The zero-order chi connectivity index (χ0) is 10.6. The van der Waals surface area contributed by atoms with Crippen LogP contribution >= 0.6 is 0 Å². The van der Waals surface area contributed by atoms with Crippen molar-refractivity contribution in [2.45, 2.75) is 41.5 Å². The third-order valence-corrected chi connectivity index (χ3v) is 1.61. The largest absolute Gasteiger partial charge is 0.294 e. The molecule has 0 aliphatic heterocycles. The molecule has 1 nitrogen and oxygen atoms in total. The second-order valence-electron chi connectivity index (χ2n) is 4.72. The van der Waals surface area contributed by atoms with Crippen LogP contribution in [0.3, 0.4) is 0 Å². The van der Waals surface area contributed by atoms with Gasteiger partial charge in [-0.25, -0.2) is 0 Å². The molecular weight excluding hydrogens is 160 g/mol. The first kappa shape index (κ1) is 12.2. The Morgan fingerprint density at radius 3 is 1.77 bits per heavy atom. The lowest BCUT2D eigenvalue weighted by atomic mass is 9.89. The number of rotatable bonds is 2. The second kappa shape index (κ2) is 4.40. The Bertz CT molecular complexity index is 245. The number of carbonyl (C=O) groups is 1. The van der Waals surface area contributed by atoms with Crippen LogP contribution in [0.1, 0.15) is 41.5 Å². The Morgan fingerprint density at radius 1 is 1.00 bits per heavy atom. The van der Waals surface area contributed by atoms with Crippen molar-refractivity contribution in [1.82, 2.24) is 0 Å². The van der Waals surface area contributed by atoms with Crippen molar-refractivity contribution in [1.29, 1.82) is 0 Å². The second-order valence-corrected chi connectivity index (χ2v) is 4.72. The molecule has 0 saturated heterocycles. The van der Waals surface area contributed by atoms with Crippen LogP contribution in [-0.4, -0.2) is 5.78 Å². The van der Waals surface area contributed by atoms with Crippen LogP contribution in [0.4, 0.5) is 0 Å². The van der Waals surface area contributed by atoms with Gasteiger partial charge in [0, 0.05) is 5.41 Å². The van der Waals surface area contributed by atoms with E-state index in [0.717, 1.165) is 5.57 Å². The fourth-order valence-electron chi connectivity index (χ4n) is 0.920. The molecule has 13 heavy (non-hydrogen) atoms. The summed E-state index contributed by atoms with van der Waals surface area (Å²) in [5.41, 5.74) is 1.98. The van der Waals surface area contributed by atoms with Gasteiger partial charge in [0.2, 0.25) is 0 Å². The van der Waals surface area contributed by atoms with Crippen molar-refractivity contribution >= 4 is 5.78 Å². The Balaban J connectivity index is 4.60. The van der Waals surface area contributed by atoms with Gasteiger partial charge in [-0.3, -0.25) is 4.79 Å². The summed E-state index contributed by atoms with van der Waals surface area (Å²) in [6.45, 7) is 11.8. The topological polar surface area (TPSA) is 17.1 Å². The molecule has 0 aromatic rings. The summed E-state index contributed by atoms with van der Waals surface area (Å²) in [6.07, 6.45) is 3.73. The van der Waals surface area contributed by atoms with Gasteiger partial charge in [0.1, 0.15) is 0 Å². The summed E-state index contributed by atoms with van der Waals surface area (Å²) < 4.78 is 0. The lowest BCUT2D eigenvalue weighted by Crippen LogP contribution is -2.17. The van der Waals surface area contributed by atoms with E-state index in [1.807, 2.05) is 47.6 Å². The van der Waals surface area contributed by atoms with Crippen LogP contribution in [-0.2, 0) is 4.79 Å². The Hall–Kier alpha value is -0.850. The highest BCUT2D eigenvalue weighted by atomic mass is 16.1. The lowest BCUT2D eigenvalue weighted by Gasteiger charge is -2.13. The average Bonchev–Trinajstić information content (AvgIpc) is 1.82. The van der Waals surface area contributed by atoms with Gasteiger partial charge in [0.25, 0.3) is 0 Å². The molecule has 0 spiro atoms. The predicted molar refractivity (Wildman–Crippen MR) is 57.7 cm³/mol. The van der Waals surface area contributed by atoms with Crippen LogP contribution < -0.4 is 0 Å². The van der Waals surface area contributed by atoms with Crippen molar-refractivity contribution in [3.05, 3.63) is 23.3 Å². The van der Waals surface area contributed by atoms with Crippen LogP contribution in [0.15, 0.2) is 23.3 Å². The van der Waals surface area contributed by atoms with E-state index in [2.05, 4.69) is 0 Å². The molecule has 0 amide bonds. The monoisotopic (exact) mass is 180 g/mol. The molecule has 0 aliphatic carbocycles. The van der Waals surface area contributed by atoms with Gasteiger partial charge in [-0.05, 0) is 32.4 Å². The molecule has 0 bridgehead atoms. The normalized spacial score (nSPS) is 12.6. The number of allylic oxidation sites excluding steroid dienone is 4. The smallest absolute Gasteiger partial charge is 0.161 e. The SMILES string of the molecule is CC(C)=C/C(C)=C/C(=O)C(C)(C)C.